The molecule has 0 aromatic rings. The van der Waals surface area contributed by atoms with Crippen molar-refractivity contribution in [2.75, 3.05) is 0 Å². The van der Waals surface area contributed by atoms with Crippen molar-refractivity contribution in [1.82, 2.24) is 0 Å². The summed E-state index contributed by atoms with van der Waals surface area (Å²) in [4.78, 5) is 20.9. The van der Waals surface area contributed by atoms with E-state index < -0.39 is 23.3 Å². The summed E-state index contributed by atoms with van der Waals surface area (Å²) in [6.45, 7) is 1.43. The number of hydrogen-bond acceptors (Lipinski definition) is 4. The number of hydrogen-bond donors (Lipinski definition) is 0. The first-order valence-electron chi connectivity index (χ1n) is 3.77. The van der Waals surface area contributed by atoms with E-state index in [1.165, 1.54) is 31.2 Å². The minimum absolute atomic E-state index is 0.840. The first kappa shape index (κ1) is 9.51. The summed E-state index contributed by atoms with van der Waals surface area (Å²) < 4.78 is 0. The summed E-state index contributed by atoms with van der Waals surface area (Å²) in [5.74, 6) is -3.34. The highest BCUT2D eigenvalue weighted by molar-refractivity contribution is 5.80. The van der Waals surface area contributed by atoms with Crippen molar-refractivity contribution in [2.24, 2.45) is 11.3 Å². The zero-order valence-electron chi connectivity index (χ0n) is 7.02. The Morgan fingerprint density at radius 3 is 2.00 bits per heavy atom. The molecule has 0 amide bonds. The van der Waals surface area contributed by atoms with Crippen LogP contribution in [0.3, 0.4) is 0 Å². The van der Waals surface area contributed by atoms with Crippen molar-refractivity contribution in [1.29, 1.82) is 0 Å². The van der Waals surface area contributed by atoms with Crippen LogP contribution in [0.4, 0.5) is 0 Å². The van der Waals surface area contributed by atoms with Gasteiger partial charge < -0.3 is 19.8 Å². The molecule has 0 atom stereocenters. The maximum atomic E-state index is 10.6. The molecule has 0 aromatic heterocycles. The van der Waals surface area contributed by atoms with Crippen molar-refractivity contribution >= 4 is 11.9 Å². The molecule has 0 bridgehead atoms. The highest BCUT2D eigenvalue weighted by Crippen LogP contribution is 2.25. The van der Waals surface area contributed by atoms with Crippen LogP contribution in [0, 0.1) is 11.3 Å². The van der Waals surface area contributed by atoms with Gasteiger partial charge in [0.1, 0.15) is 0 Å². The van der Waals surface area contributed by atoms with Crippen LogP contribution in [0.2, 0.25) is 0 Å². The van der Waals surface area contributed by atoms with Crippen LogP contribution >= 0.6 is 0 Å². The number of rotatable bonds is 2. The molecule has 1 aliphatic rings. The normalized spacial score (nSPS) is 31.6. The maximum Gasteiger partial charge on any atom is 0.0549 e. The molecule has 0 aliphatic heterocycles. The molecular weight excluding hydrogens is 172 g/mol. The van der Waals surface area contributed by atoms with Crippen molar-refractivity contribution in [3.63, 3.8) is 0 Å². The fourth-order valence-corrected chi connectivity index (χ4v) is 1.02. The largest absolute Gasteiger partial charge is 0.549 e. The molecule has 0 radical (unpaired) electrons. The van der Waals surface area contributed by atoms with E-state index in [4.69, 9.17) is 0 Å². The standard InChI is InChI=1S/C9H10O4/c1-9(8(12)13)4-2-6(3-5-9)7(10)11/h2-6H,1H3,(H,10,11)(H,12,13)/p-2. The van der Waals surface area contributed by atoms with E-state index in [9.17, 15) is 19.8 Å². The topological polar surface area (TPSA) is 80.3 Å². The van der Waals surface area contributed by atoms with E-state index in [0.29, 0.717) is 0 Å². The number of aliphatic carboxylic acids is 2. The van der Waals surface area contributed by atoms with Gasteiger partial charge in [-0.1, -0.05) is 24.3 Å². The second kappa shape index (κ2) is 3.05. The van der Waals surface area contributed by atoms with Gasteiger partial charge in [-0.15, -0.1) is 0 Å². The third-order valence-corrected chi connectivity index (χ3v) is 2.01. The highest BCUT2D eigenvalue weighted by atomic mass is 16.4. The second-order valence-electron chi connectivity index (χ2n) is 3.13. The van der Waals surface area contributed by atoms with Gasteiger partial charge in [-0.25, -0.2) is 0 Å². The maximum absolute atomic E-state index is 10.6. The lowest BCUT2D eigenvalue weighted by Gasteiger charge is -2.27. The Hall–Kier alpha value is -1.58. The molecule has 4 heteroatoms. The van der Waals surface area contributed by atoms with Gasteiger partial charge in [0.25, 0.3) is 0 Å². The lowest BCUT2D eigenvalue weighted by molar-refractivity contribution is -0.314. The van der Waals surface area contributed by atoms with Crippen LogP contribution < -0.4 is 10.2 Å². The van der Waals surface area contributed by atoms with E-state index in [-0.39, 0.29) is 0 Å². The van der Waals surface area contributed by atoms with Crippen LogP contribution in [0.5, 0.6) is 0 Å². The van der Waals surface area contributed by atoms with Gasteiger partial charge in [-0.3, -0.25) is 0 Å². The molecule has 0 N–H and O–H groups in total. The molecule has 1 rings (SSSR count). The Morgan fingerprint density at radius 2 is 1.69 bits per heavy atom. The van der Waals surface area contributed by atoms with Crippen LogP contribution in [-0.4, -0.2) is 11.9 Å². The van der Waals surface area contributed by atoms with Gasteiger partial charge in [-0.05, 0) is 6.92 Å². The first-order chi connectivity index (χ1) is 5.96. The molecule has 0 spiro atoms. The van der Waals surface area contributed by atoms with Gasteiger partial charge >= 0.3 is 0 Å². The third-order valence-electron chi connectivity index (χ3n) is 2.01. The van der Waals surface area contributed by atoms with Gasteiger partial charge in [0, 0.05) is 11.3 Å². The second-order valence-corrected chi connectivity index (χ2v) is 3.13. The van der Waals surface area contributed by atoms with Crippen molar-refractivity contribution in [3.8, 4) is 0 Å². The predicted octanol–water partition coefficient (Wildman–Crippen LogP) is -1.77. The van der Waals surface area contributed by atoms with E-state index in [1.807, 2.05) is 0 Å². The summed E-state index contributed by atoms with van der Waals surface area (Å²) in [6, 6.07) is 0. The van der Waals surface area contributed by atoms with Crippen LogP contribution in [0.25, 0.3) is 0 Å². The number of carbonyl (C=O) groups is 2. The molecule has 0 saturated carbocycles. The predicted molar refractivity (Wildman–Crippen MR) is 39.9 cm³/mol. The minimum Gasteiger partial charge on any atom is -0.549 e. The minimum atomic E-state index is -1.25. The number of carboxylic acid groups (broad SMARTS) is 2. The Bertz CT molecular complexity index is 287. The van der Waals surface area contributed by atoms with E-state index >= 15 is 0 Å². The molecule has 4 nitrogen and oxygen atoms in total. The summed E-state index contributed by atoms with van der Waals surface area (Å²) in [5, 5.41) is 20.9. The molecule has 0 unspecified atom stereocenters. The zero-order valence-corrected chi connectivity index (χ0v) is 7.02. The Kier molecular flexibility index (Phi) is 2.23. The molecule has 13 heavy (non-hydrogen) atoms. The average Bonchev–Trinajstić information content (AvgIpc) is 2.04. The highest BCUT2D eigenvalue weighted by Gasteiger charge is 2.22. The van der Waals surface area contributed by atoms with Crippen molar-refractivity contribution < 1.29 is 19.8 Å². The molecule has 70 valence electrons. The lowest BCUT2D eigenvalue weighted by atomic mass is 9.83. The molecule has 0 fully saturated rings. The smallest absolute Gasteiger partial charge is 0.0549 e. The quantitative estimate of drug-likeness (QED) is 0.471. The third kappa shape index (κ3) is 1.77. The van der Waals surface area contributed by atoms with Gasteiger partial charge in [-0.2, -0.15) is 0 Å². The lowest BCUT2D eigenvalue weighted by Crippen LogP contribution is -2.39. The van der Waals surface area contributed by atoms with Crippen LogP contribution in [-0.2, 0) is 9.59 Å². The zero-order chi connectivity index (χ0) is 10.1. The average molecular weight is 180 g/mol. The summed E-state index contributed by atoms with van der Waals surface area (Å²) in [7, 11) is 0. The fraction of sp³-hybridized carbons (Fsp3) is 0.333. The SMILES string of the molecule is CC1(C(=O)[O-])C=CC(C(=O)[O-])C=C1. The van der Waals surface area contributed by atoms with E-state index in [2.05, 4.69) is 0 Å². The fourth-order valence-electron chi connectivity index (χ4n) is 1.02. The first-order valence-corrected chi connectivity index (χ1v) is 3.77. The number of carboxylic acids is 2. The summed E-state index contributed by atoms with van der Waals surface area (Å²) >= 11 is 0. The monoisotopic (exact) mass is 180 g/mol. The van der Waals surface area contributed by atoms with Crippen molar-refractivity contribution in [2.45, 2.75) is 6.92 Å². The van der Waals surface area contributed by atoms with Gasteiger partial charge in [0.15, 0.2) is 0 Å². The molecule has 0 heterocycles. The summed E-state index contributed by atoms with van der Waals surface area (Å²) in [6.07, 6.45) is 5.15. The van der Waals surface area contributed by atoms with Crippen molar-refractivity contribution in [3.05, 3.63) is 24.3 Å². The van der Waals surface area contributed by atoms with Crippen LogP contribution in [0.15, 0.2) is 24.3 Å². The van der Waals surface area contributed by atoms with Crippen LogP contribution in [0.1, 0.15) is 6.92 Å². The molecule has 0 saturated heterocycles. The van der Waals surface area contributed by atoms with E-state index in [1.54, 1.807) is 0 Å². The molecular formula is C9H8O4-2. The van der Waals surface area contributed by atoms with Gasteiger partial charge in [0.05, 0.1) is 11.9 Å². The molecule has 1 aliphatic carbocycles. The number of carbonyl (C=O) groups excluding carboxylic acids is 2. The Balaban J connectivity index is 2.85. The van der Waals surface area contributed by atoms with Gasteiger partial charge in [0.2, 0.25) is 0 Å². The Morgan fingerprint density at radius 1 is 1.23 bits per heavy atom. The van der Waals surface area contributed by atoms with E-state index in [0.717, 1.165) is 0 Å². The summed E-state index contributed by atoms with van der Waals surface area (Å²) in [5.41, 5.74) is -1.20. The molecule has 0 aromatic carbocycles. The Labute approximate surface area is 75.2 Å².